The van der Waals surface area contributed by atoms with Crippen molar-refractivity contribution >= 4 is 11.9 Å². The molecule has 7 nitrogen and oxygen atoms in total. The van der Waals surface area contributed by atoms with E-state index < -0.39 is 23.6 Å². The van der Waals surface area contributed by atoms with Gasteiger partial charge in [-0.05, 0) is 196 Å². The average Bonchev–Trinajstić information content (AvgIpc) is 3.68. The highest BCUT2D eigenvalue weighted by atomic mass is 16.5. The number of aliphatic hydroxyl groups is 3. The van der Waals surface area contributed by atoms with Crippen LogP contribution in [0.1, 0.15) is 177 Å². The lowest BCUT2D eigenvalue weighted by Gasteiger charge is -2.66. The Hall–Kier alpha value is -1.18. The molecule has 0 radical (unpaired) electrons. The second-order valence-electron chi connectivity index (χ2n) is 23.2. The molecule has 0 aliphatic heterocycles. The molecule has 0 bridgehead atoms. The number of rotatable bonds is 9. The minimum absolute atomic E-state index is 0.103. The van der Waals surface area contributed by atoms with Crippen LogP contribution in [0.3, 0.4) is 0 Å². The first-order valence-corrected chi connectivity index (χ1v) is 23.9. The van der Waals surface area contributed by atoms with Gasteiger partial charge in [0.05, 0.1) is 23.7 Å². The standard InChI is InChI=1S/C49H80O7/c1-8-9-28(2)33-11-14-36-43-38(19-22-47(33,36)6)48(7)23-16-31(50)26-49(48,27-40(43)52)44(55)56-32-17-20-45(4)30(24-32)25-39(51)42-35-13-12-34(29(3)10-15-41(53)54)46(35,5)21-18-37(42)45/h28-40,42-43,50-52H,8-27H2,1-7H3,(H,53,54)/t28-,29-,30?,31-,32+,33-,34-,35+,36?,37+,38?,39+,40?,42+,43?,45+,46-,47-,48-,49?/m1/s1. The van der Waals surface area contributed by atoms with Gasteiger partial charge in [-0.15, -0.1) is 0 Å². The molecule has 0 heterocycles. The van der Waals surface area contributed by atoms with Crippen molar-refractivity contribution < 1.29 is 34.8 Å². The van der Waals surface area contributed by atoms with Gasteiger partial charge in [0, 0.05) is 6.42 Å². The maximum Gasteiger partial charge on any atom is 0.313 e. The second kappa shape index (κ2) is 14.8. The molecule has 0 aromatic rings. The van der Waals surface area contributed by atoms with Crippen molar-refractivity contribution in [2.75, 3.05) is 0 Å². The van der Waals surface area contributed by atoms with Crippen LogP contribution in [0.15, 0.2) is 0 Å². The molecule has 0 aromatic heterocycles. The van der Waals surface area contributed by atoms with E-state index in [9.17, 15) is 25.2 Å². The van der Waals surface area contributed by atoms with Crippen LogP contribution in [-0.2, 0) is 14.3 Å². The molecule has 318 valence electrons. The summed E-state index contributed by atoms with van der Waals surface area (Å²) >= 11 is 0. The number of carboxylic acids is 1. The maximum atomic E-state index is 15.0. The van der Waals surface area contributed by atoms with Crippen molar-refractivity contribution in [3.63, 3.8) is 0 Å². The Kier molecular flexibility index (Phi) is 11.0. The molecule has 6 unspecified atom stereocenters. The quantitative estimate of drug-likeness (QED) is 0.172. The minimum atomic E-state index is -0.876. The highest BCUT2D eigenvalue weighted by Crippen LogP contribution is 2.73. The van der Waals surface area contributed by atoms with Crippen LogP contribution in [0.5, 0.6) is 0 Å². The number of carbonyl (C=O) groups excluding carboxylic acids is 1. The van der Waals surface area contributed by atoms with Crippen LogP contribution in [0.2, 0.25) is 0 Å². The van der Waals surface area contributed by atoms with Crippen LogP contribution in [0, 0.1) is 92.2 Å². The fourth-order valence-corrected chi connectivity index (χ4v) is 18.4. The zero-order valence-electron chi connectivity index (χ0n) is 36.3. The Bertz CT molecular complexity index is 1480. The van der Waals surface area contributed by atoms with Gasteiger partial charge in [-0.25, -0.2) is 0 Å². The number of carbonyl (C=O) groups is 2. The number of carboxylic acid groups (broad SMARTS) is 1. The lowest BCUT2D eigenvalue weighted by molar-refractivity contribution is -0.235. The third-order valence-corrected chi connectivity index (χ3v) is 21.2. The van der Waals surface area contributed by atoms with E-state index in [-0.39, 0.29) is 64.0 Å². The van der Waals surface area contributed by atoms with Gasteiger partial charge in [-0.3, -0.25) is 9.59 Å². The summed E-state index contributed by atoms with van der Waals surface area (Å²) in [6.45, 7) is 16.9. The molecule has 4 N–H and O–H groups in total. The smallest absolute Gasteiger partial charge is 0.313 e. The van der Waals surface area contributed by atoms with Crippen molar-refractivity contribution in [1.82, 2.24) is 0 Å². The predicted octanol–water partition coefficient (Wildman–Crippen LogP) is 9.83. The molecule has 8 fully saturated rings. The number of hydrogen-bond acceptors (Lipinski definition) is 6. The van der Waals surface area contributed by atoms with Gasteiger partial charge in [-0.1, -0.05) is 61.3 Å². The van der Waals surface area contributed by atoms with Crippen LogP contribution in [0.25, 0.3) is 0 Å². The summed E-state index contributed by atoms with van der Waals surface area (Å²) in [6.07, 6.45) is 16.8. The van der Waals surface area contributed by atoms with Gasteiger partial charge in [0.25, 0.3) is 0 Å². The third kappa shape index (κ3) is 6.15. The summed E-state index contributed by atoms with van der Waals surface area (Å²) in [7, 11) is 0. The van der Waals surface area contributed by atoms with E-state index >= 15 is 4.79 Å². The Morgan fingerprint density at radius 3 is 1.86 bits per heavy atom. The predicted molar refractivity (Wildman–Crippen MR) is 218 cm³/mol. The normalized spacial score (nSPS) is 53.3. The zero-order chi connectivity index (χ0) is 40.2. The van der Waals surface area contributed by atoms with Gasteiger partial charge in [0.2, 0.25) is 0 Å². The molecule has 0 amide bonds. The van der Waals surface area contributed by atoms with Crippen LogP contribution in [-0.4, -0.2) is 56.8 Å². The summed E-state index contributed by atoms with van der Waals surface area (Å²) in [5.74, 6) is 3.91. The Labute approximate surface area is 339 Å². The zero-order valence-corrected chi connectivity index (χ0v) is 36.3. The number of esters is 1. The highest BCUT2D eigenvalue weighted by Gasteiger charge is 2.70. The van der Waals surface area contributed by atoms with E-state index in [1.54, 1.807) is 0 Å². The number of aliphatic hydroxyl groups excluding tert-OH is 3. The number of hydrogen-bond donors (Lipinski definition) is 4. The van der Waals surface area contributed by atoms with Gasteiger partial charge in [-0.2, -0.15) is 0 Å². The monoisotopic (exact) mass is 781 g/mol. The van der Waals surface area contributed by atoms with E-state index in [4.69, 9.17) is 4.74 Å². The Balaban J connectivity index is 0.977. The van der Waals surface area contributed by atoms with Crippen LogP contribution < -0.4 is 0 Å². The van der Waals surface area contributed by atoms with E-state index in [0.29, 0.717) is 60.2 Å². The molecule has 7 heteroatoms. The van der Waals surface area contributed by atoms with E-state index in [1.807, 2.05) is 0 Å². The lowest BCUT2D eigenvalue weighted by Crippen LogP contribution is -2.66. The minimum Gasteiger partial charge on any atom is -0.481 e. The Morgan fingerprint density at radius 2 is 1.23 bits per heavy atom. The lowest BCUT2D eigenvalue weighted by atomic mass is 9.39. The van der Waals surface area contributed by atoms with E-state index in [1.165, 1.54) is 32.1 Å². The first-order valence-electron chi connectivity index (χ1n) is 23.9. The number of ether oxygens (including phenoxy) is 1. The summed E-state index contributed by atoms with van der Waals surface area (Å²) < 4.78 is 6.76. The Morgan fingerprint density at radius 1 is 0.661 bits per heavy atom. The molecule has 8 aliphatic carbocycles. The average molecular weight is 781 g/mol. The first kappa shape index (κ1) is 41.5. The second-order valence-corrected chi connectivity index (χ2v) is 23.2. The topological polar surface area (TPSA) is 124 Å². The molecular weight excluding hydrogens is 701 g/mol. The summed E-state index contributed by atoms with van der Waals surface area (Å²) in [6, 6.07) is 0. The van der Waals surface area contributed by atoms with Gasteiger partial charge in [0.15, 0.2) is 0 Å². The fraction of sp³-hybridized carbons (Fsp3) is 0.959. The van der Waals surface area contributed by atoms with Crippen molar-refractivity contribution in [3.05, 3.63) is 0 Å². The van der Waals surface area contributed by atoms with Gasteiger partial charge >= 0.3 is 11.9 Å². The summed E-state index contributed by atoms with van der Waals surface area (Å²) in [5, 5.41) is 45.0. The van der Waals surface area contributed by atoms with Crippen molar-refractivity contribution in [2.45, 2.75) is 201 Å². The maximum absolute atomic E-state index is 15.0. The molecule has 0 spiro atoms. The molecule has 0 saturated heterocycles. The molecule has 8 rings (SSSR count). The molecule has 20 atom stereocenters. The van der Waals surface area contributed by atoms with E-state index in [0.717, 1.165) is 77.0 Å². The molecule has 8 aliphatic rings. The number of fused-ring (bicyclic) bond motifs is 10. The molecule has 0 aromatic carbocycles. The van der Waals surface area contributed by atoms with Crippen molar-refractivity contribution in [3.8, 4) is 0 Å². The third-order valence-electron chi connectivity index (χ3n) is 21.2. The molecular formula is C49H80O7. The molecule has 56 heavy (non-hydrogen) atoms. The molecule has 8 saturated carbocycles. The number of aliphatic carboxylic acids is 1. The summed E-state index contributed by atoms with van der Waals surface area (Å²) in [5.41, 5.74) is -0.681. The SMILES string of the molecule is CCC[C@@H](C)[C@H]1CCC2C3C(O)CC4(C(=O)O[C@H]5CC[C@@]6(C)C(C5)C[C@H](O)[C@H]5[C@@H]7CC[C@H]([C@H](C)CCC(=O)O)[C@@]7(C)CC[C@@H]56)C[C@H](O)CC[C@]4(C)C3CC[C@@]21C. The van der Waals surface area contributed by atoms with Crippen LogP contribution in [0.4, 0.5) is 0 Å². The largest absolute Gasteiger partial charge is 0.481 e. The van der Waals surface area contributed by atoms with Crippen molar-refractivity contribution in [2.24, 2.45) is 92.2 Å². The van der Waals surface area contributed by atoms with Crippen molar-refractivity contribution in [1.29, 1.82) is 0 Å². The van der Waals surface area contributed by atoms with E-state index in [2.05, 4.69) is 48.5 Å². The summed E-state index contributed by atoms with van der Waals surface area (Å²) in [4.78, 5) is 26.4. The van der Waals surface area contributed by atoms with Gasteiger partial charge in [0.1, 0.15) is 6.10 Å². The fourth-order valence-electron chi connectivity index (χ4n) is 18.4. The van der Waals surface area contributed by atoms with Crippen LogP contribution >= 0.6 is 0 Å². The highest BCUT2D eigenvalue weighted by molar-refractivity contribution is 5.79. The first-order chi connectivity index (χ1) is 26.4. The van der Waals surface area contributed by atoms with Gasteiger partial charge < -0.3 is 25.2 Å².